The maximum absolute atomic E-state index is 12.8. The molecule has 26 heavy (non-hydrogen) atoms. The number of pyridine rings is 2. The number of likely N-dealkylation sites (tertiary alicyclic amines) is 1. The predicted molar refractivity (Wildman–Crippen MR) is 99.2 cm³/mol. The lowest BCUT2D eigenvalue weighted by molar-refractivity contribution is 0.0712. The van der Waals surface area contributed by atoms with Gasteiger partial charge in [-0.15, -0.1) is 0 Å². The summed E-state index contributed by atoms with van der Waals surface area (Å²) in [5.74, 6) is 0.552. The molecule has 5 rings (SSSR count). The average molecular weight is 345 g/mol. The third-order valence-corrected chi connectivity index (χ3v) is 5.36. The molecule has 1 aliphatic rings. The Bertz CT molecular complexity index is 1090. The number of carbonyl (C=O) groups is 1. The Hall–Kier alpha value is -3.15. The molecular weight excluding hydrogens is 326 g/mol. The molecule has 0 unspecified atom stereocenters. The maximum atomic E-state index is 12.8. The number of hydrogen-bond donors (Lipinski definition) is 1. The van der Waals surface area contributed by atoms with Gasteiger partial charge in [0.2, 0.25) is 0 Å². The zero-order chi connectivity index (χ0) is 17.5. The number of piperidine rings is 1. The molecule has 0 radical (unpaired) electrons. The van der Waals surface area contributed by atoms with Crippen LogP contribution in [0.5, 0.6) is 0 Å². The van der Waals surface area contributed by atoms with Crippen molar-refractivity contribution in [3.8, 4) is 0 Å². The van der Waals surface area contributed by atoms with E-state index in [1.54, 1.807) is 10.7 Å². The molecule has 6 heteroatoms. The van der Waals surface area contributed by atoms with Crippen LogP contribution in [-0.4, -0.2) is 43.5 Å². The summed E-state index contributed by atoms with van der Waals surface area (Å²) in [6.45, 7) is 1.55. The topological polar surface area (TPSA) is 66.3 Å². The van der Waals surface area contributed by atoms with Crippen molar-refractivity contribution < 1.29 is 4.79 Å². The fourth-order valence-electron chi connectivity index (χ4n) is 3.96. The zero-order valence-corrected chi connectivity index (χ0v) is 14.3. The third-order valence-electron chi connectivity index (χ3n) is 5.36. The molecule has 1 amide bonds. The van der Waals surface area contributed by atoms with E-state index in [2.05, 4.69) is 27.2 Å². The molecule has 0 aromatic carbocycles. The fourth-order valence-corrected chi connectivity index (χ4v) is 3.96. The molecule has 5 heterocycles. The van der Waals surface area contributed by atoms with Gasteiger partial charge in [0.25, 0.3) is 5.91 Å². The highest BCUT2D eigenvalue weighted by Crippen LogP contribution is 2.32. The van der Waals surface area contributed by atoms with E-state index in [0.717, 1.165) is 37.1 Å². The van der Waals surface area contributed by atoms with Crippen LogP contribution in [0.25, 0.3) is 16.6 Å². The van der Waals surface area contributed by atoms with Gasteiger partial charge in [0.15, 0.2) is 0 Å². The normalized spacial score (nSPS) is 15.8. The Balaban J connectivity index is 1.33. The minimum Gasteiger partial charge on any atom is -0.346 e. The van der Waals surface area contributed by atoms with Crippen LogP contribution in [0.3, 0.4) is 0 Å². The highest BCUT2D eigenvalue weighted by atomic mass is 16.2. The molecule has 1 aliphatic heterocycles. The second-order valence-corrected chi connectivity index (χ2v) is 6.83. The summed E-state index contributed by atoms with van der Waals surface area (Å²) in [6.07, 6.45) is 9.30. The SMILES string of the molecule is O=C(c1ccc2ccnn2c1)N1CCC(c2ccnc3[nH]ccc23)CC1. The van der Waals surface area contributed by atoms with Crippen LogP contribution in [0, 0.1) is 0 Å². The quantitative estimate of drug-likeness (QED) is 0.606. The van der Waals surface area contributed by atoms with E-state index in [0.29, 0.717) is 11.5 Å². The summed E-state index contributed by atoms with van der Waals surface area (Å²) >= 11 is 0. The van der Waals surface area contributed by atoms with Gasteiger partial charge in [0.1, 0.15) is 5.65 Å². The first kappa shape index (κ1) is 15.1. The average Bonchev–Trinajstić information content (AvgIpc) is 3.35. The molecule has 130 valence electrons. The van der Waals surface area contributed by atoms with Crippen molar-refractivity contribution in [1.29, 1.82) is 0 Å². The Kier molecular flexibility index (Phi) is 3.48. The predicted octanol–water partition coefficient (Wildman–Crippen LogP) is 3.23. The van der Waals surface area contributed by atoms with Gasteiger partial charge in [0, 0.05) is 43.3 Å². The lowest BCUT2D eigenvalue weighted by Gasteiger charge is -2.32. The van der Waals surface area contributed by atoms with Crippen LogP contribution in [0.15, 0.2) is 55.1 Å². The molecule has 4 aromatic rings. The summed E-state index contributed by atoms with van der Waals surface area (Å²) in [5, 5.41) is 5.42. The number of rotatable bonds is 2. The summed E-state index contributed by atoms with van der Waals surface area (Å²) in [7, 11) is 0. The highest BCUT2D eigenvalue weighted by molar-refractivity contribution is 5.94. The summed E-state index contributed by atoms with van der Waals surface area (Å²) in [6, 6.07) is 9.96. The number of fused-ring (bicyclic) bond motifs is 2. The number of aromatic amines is 1. The van der Waals surface area contributed by atoms with Gasteiger partial charge >= 0.3 is 0 Å². The van der Waals surface area contributed by atoms with E-state index in [4.69, 9.17) is 0 Å². The van der Waals surface area contributed by atoms with Gasteiger partial charge in [0.05, 0.1) is 11.1 Å². The van der Waals surface area contributed by atoms with E-state index in [1.807, 2.05) is 41.7 Å². The van der Waals surface area contributed by atoms with E-state index in [-0.39, 0.29) is 5.91 Å². The highest BCUT2D eigenvalue weighted by Gasteiger charge is 2.26. The van der Waals surface area contributed by atoms with Gasteiger partial charge in [-0.2, -0.15) is 5.10 Å². The number of nitrogens with one attached hydrogen (secondary N) is 1. The lowest BCUT2D eigenvalue weighted by Crippen LogP contribution is -2.38. The molecular formula is C20H19N5O. The number of nitrogens with zero attached hydrogens (tertiary/aromatic N) is 4. The Labute approximate surface area is 150 Å². The first-order chi connectivity index (χ1) is 12.8. The van der Waals surface area contributed by atoms with Crippen molar-refractivity contribution in [3.05, 3.63) is 66.2 Å². The molecule has 0 aliphatic carbocycles. The zero-order valence-electron chi connectivity index (χ0n) is 14.3. The number of aromatic nitrogens is 4. The molecule has 1 fully saturated rings. The Morgan fingerprint density at radius 2 is 1.96 bits per heavy atom. The summed E-state index contributed by atoms with van der Waals surface area (Å²) < 4.78 is 1.75. The first-order valence-corrected chi connectivity index (χ1v) is 8.94. The van der Waals surface area contributed by atoms with Gasteiger partial charge in [-0.3, -0.25) is 4.79 Å². The van der Waals surface area contributed by atoms with Crippen molar-refractivity contribution in [1.82, 2.24) is 24.5 Å². The second kappa shape index (κ2) is 5.98. The van der Waals surface area contributed by atoms with Gasteiger partial charge in [-0.1, -0.05) is 0 Å². The maximum Gasteiger partial charge on any atom is 0.255 e. The molecule has 0 bridgehead atoms. The number of H-pyrrole nitrogens is 1. The Morgan fingerprint density at radius 3 is 2.85 bits per heavy atom. The Morgan fingerprint density at radius 1 is 1.08 bits per heavy atom. The van der Waals surface area contributed by atoms with Gasteiger partial charge in [-0.05, 0) is 54.7 Å². The fraction of sp³-hybridized carbons (Fsp3) is 0.250. The third kappa shape index (κ3) is 2.45. The number of hydrogen-bond acceptors (Lipinski definition) is 3. The van der Waals surface area contributed by atoms with E-state index >= 15 is 0 Å². The minimum absolute atomic E-state index is 0.0855. The number of carbonyl (C=O) groups excluding carboxylic acids is 1. The first-order valence-electron chi connectivity index (χ1n) is 8.94. The van der Waals surface area contributed by atoms with Crippen molar-refractivity contribution in [3.63, 3.8) is 0 Å². The molecule has 1 N–H and O–H groups in total. The molecule has 4 aromatic heterocycles. The van der Waals surface area contributed by atoms with E-state index in [9.17, 15) is 4.79 Å². The standard InChI is InChI=1S/C20H19N5O/c26-20(15-1-2-16-3-10-23-25(16)13-15)24-11-6-14(7-12-24)17-4-8-21-19-18(17)5-9-22-19/h1-5,8-10,13-14H,6-7,11-12H2,(H,21,22). The summed E-state index contributed by atoms with van der Waals surface area (Å²) in [4.78, 5) is 22.4. The van der Waals surface area contributed by atoms with Crippen LogP contribution in [0.2, 0.25) is 0 Å². The smallest absolute Gasteiger partial charge is 0.255 e. The second-order valence-electron chi connectivity index (χ2n) is 6.83. The number of amides is 1. The van der Waals surface area contributed by atoms with E-state index < -0.39 is 0 Å². The molecule has 0 saturated carbocycles. The molecule has 0 atom stereocenters. The van der Waals surface area contributed by atoms with Crippen LogP contribution in [0.4, 0.5) is 0 Å². The van der Waals surface area contributed by atoms with Crippen molar-refractivity contribution >= 4 is 22.5 Å². The van der Waals surface area contributed by atoms with Crippen molar-refractivity contribution in [2.45, 2.75) is 18.8 Å². The van der Waals surface area contributed by atoms with Crippen molar-refractivity contribution in [2.75, 3.05) is 13.1 Å². The van der Waals surface area contributed by atoms with Crippen LogP contribution >= 0.6 is 0 Å². The van der Waals surface area contributed by atoms with Crippen LogP contribution in [0.1, 0.15) is 34.7 Å². The monoisotopic (exact) mass is 345 g/mol. The van der Waals surface area contributed by atoms with Gasteiger partial charge < -0.3 is 9.88 Å². The summed E-state index contributed by atoms with van der Waals surface area (Å²) in [5.41, 5.74) is 3.96. The lowest BCUT2D eigenvalue weighted by atomic mass is 9.88. The van der Waals surface area contributed by atoms with Crippen LogP contribution in [-0.2, 0) is 0 Å². The van der Waals surface area contributed by atoms with Gasteiger partial charge in [-0.25, -0.2) is 9.50 Å². The van der Waals surface area contributed by atoms with Crippen LogP contribution < -0.4 is 0 Å². The van der Waals surface area contributed by atoms with Crippen molar-refractivity contribution in [2.24, 2.45) is 0 Å². The van der Waals surface area contributed by atoms with E-state index in [1.165, 1.54) is 10.9 Å². The molecule has 6 nitrogen and oxygen atoms in total. The largest absolute Gasteiger partial charge is 0.346 e. The minimum atomic E-state index is 0.0855. The molecule has 0 spiro atoms. The molecule has 1 saturated heterocycles.